The van der Waals surface area contributed by atoms with Gasteiger partial charge in [-0.1, -0.05) is 6.07 Å². The molecule has 1 aliphatic carbocycles. The summed E-state index contributed by atoms with van der Waals surface area (Å²) in [6, 6.07) is 8.28. The number of hydrogen-bond donors (Lipinski definition) is 2. The predicted molar refractivity (Wildman–Crippen MR) is 91.4 cm³/mol. The number of nitrogens with zero attached hydrogens (tertiary/aromatic N) is 2. The van der Waals surface area contributed by atoms with Crippen LogP contribution in [0, 0.1) is 5.82 Å². The van der Waals surface area contributed by atoms with Crippen LogP contribution in [0.3, 0.4) is 0 Å². The van der Waals surface area contributed by atoms with E-state index in [0.717, 1.165) is 35.3 Å². The van der Waals surface area contributed by atoms with Crippen molar-refractivity contribution < 1.29 is 9.18 Å². The molecule has 2 N–H and O–H groups in total. The first kappa shape index (κ1) is 16.2. The smallest absolute Gasteiger partial charge is 0.315 e. The third-order valence-corrected chi connectivity index (χ3v) is 4.21. The molecule has 0 saturated carbocycles. The van der Waals surface area contributed by atoms with Crippen molar-refractivity contribution in [2.24, 2.45) is 0 Å². The molecule has 5 nitrogen and oxygen atoms in total. The molecular formula is C18H21FN4O. The average molecular weight is 328 g/mol. The number of amides is 2. The summed E-state index contributed by atoms with van der Waals surface area (Å²) in [6.45, 7) is 0.429. The molecule has 1 aliphatic rings. The molecule has 1 atom stereocenters. The molecule has 2 aromatic rings. The lowest BCUT2D eigenvalue weighted by atomic mass is 10.1. The Morgan fingerprint density at radius 2 is 2.17 bits per heavy atom. The Morgan fingerprint density at radius 1 is 1.33 bits per heavy atom. The van der Waals surface area contributed by atoms with Crippen LogP contribution in [0.5, 0.6) is 0 Å². The van der Waals surface area contributed by atoms with Crippen LogP contribution in [0.1, 0.15) is 29.2 Å². The summed E-state index contributed by atoms with van der Waals surface area (Å²) in [5, 5.41) is 5.83. The van der Waals surface area contributed by atoms with Crippen molar-refractivity contribution in [2.75, 3.05) is 19.0 Å². The van der Waals surface area contributed by atoms with Crippen LogP contribution in [-0.4, -0.2) is 25.1 Å². The Kier molecular flexibility index (Phi) is 4.64. The third kappa shape index (κ3) is 3.64. The van der Waals surface area contributed by atoms with Gasteiger partial charge >= 0.3 is 6.03 Å². The van der Waals surface area contributed by atoms with Crippen LogP contribution in [0.4, 0.5) is 15.0 Å². The first-order valence-corrected chi connectivity index (χ1v) is 7.98. The lowest BCUT2D eigenvalue weighted by Gasteiger charge is -2.16. The van der Waals surface area contributed by atoms with E-state index in [-0.39, 0.29) is 17.9 Å². The Labute approximate surface area is 140 Å². The Morgan fingerprint density at radius 3 is 2.96 bits per heavy atom. The third-order valence-electron chi connectivity index (χ3n) is 4.21. The minimum Gasteiger partial charge on any atom is -0.363 e. The quantitative estimate of drug-likeness (QED) is 0.907. The van der Waals surface area contributed by atoms with Crippen molar-refractivity contribution in [3.05, 3.63) is 59.0 Å². The number of benzene rings is 1. The first-order chi connectivity index (χ1) is 11.5. The van der Waals surface area contributed by atoms with Gasteiger partial charge in [-0.25, -0.2) is 14.2 Å². The average Bonchev–Trinajstić information content (AvgIpc) is 2.95. The molecule has 0 spiro atoms. The molecular weight excluding hydrogens is 307 g/mol. The van der Waals surface area contributed by atoms with Crippen LogP contribution in [-0.2, 0) is 13.0 Å². The molecule has 0 radical (unpaired) electrons. The molecule has 1 aromatic carbocycles. The Hall–Kier alpha value is -2.63. The van der Waals surface area contributed by atoms with E-state index in [9.17, 15) is 9.18 Å². The van der Waals surface area contributed by atoms with Crippen molar-refractivity contribution in [1.29, 1.82) is 0 Å². The number of carbonyl (C=O) groups is 1. The summed E-state index contributed by atoms with van der Waals surface area (Å²) in [4.78, 5) is 18.3. The number of pyridine rings is 1. The van der Waals surface area contributed by atoms with Gasteiger partial charge in [0.2, 0.25) is 0 Å². The predicted octanol–water partition coefficient (Wildman–Crippen LogP) is 2.77. The molecule has 126 valence electrons. The highest BCUT2D eigenvalue weighted by atomic mass is 19.1. The zero-order valence-corrected chi connectivity index (χ0v) is 13.8. The van der Waals surface area contributed by atoms with Crippen LogP contribution in [0.15, 0.2) is 36.5 Å². The van der Waals surface area contributed by atoms with Gasteiger partial charge in [0.05, 0.1) is 6.04 Å². The largest absolute Gasteiger partial charge is 0.363 e. The number of halogens is 1. The normalized spacial score (nSPS) is 15.7. The van der Waals surface area contributed by atoms with E-state index in [4.69, 9.17) is 0 Å². The molecule has 1 heterocycles. The van der Waals surface area contributed by atoms with Crippen LogP contribution in [0.25, 0.3) is 0 Å². The molecule has 0 saturated heterocycles. The van der Waals surface area contributed by atoms with E-state index >= 15 is 0 Å². The van der Waals surface area contributed by atoms with Gasteiger partial charge < -0.3 is 15.5 Å². The number of nitrogens with one attached hydrogen (secondary N) is 2. The molecule has 0 aliphatic heterocycles. The fourth-order valence-corrected chi connectivity index (χ4v) is 2.94. The van der Waals surface area contributed by atoms with Crippen LogP contribution in [0.2, 0.25) is 0 Å². The van der Waals surface area contributed by atoms with Gasteiger partial charge in [0.25, 0.3) is 0 Å². The highest BCUT2D eigenvalue weighted by Crippen LogP contribution is 2.31. The second kappa shape index (κ2) is 6.86. The minimum atomic E-state index is -0.228. The number of rotatable bonds is 4. The standard InChI is InChI=1S/C18H21FN4O/c1-23(2)17-9-12(7-8-20-17)11-21-18(24)22-16-6-3-13-10-14(19)4-5-15(13)16/h4-5,7-10,16H,3,6,11H2,1-2H3,(H2,21,22,24). The second-order valence-electron chi connectivity index (χ2n) is 6.18. The number of anilines is 1. The maximum Gasteiger partial charge on any atom is 0.315 e. The van der Waals surface area contributed by atoms with Gasteiger partial charge in [-0.2, -0.15) is 0 Å². The Bertz CT molecular complexity index is 748. The van der Waals surface area contributed by atoms with Crippen molar-refractivity contribution in [2.45, 2.75) is 25.4 Å². The molecule has 3 rings (SSSR count). The van der Waals surface area contributed by atoms with E-state index in [1.807, 2.05) is 31.1 Å². The van der Waals surface area contributed by atoms with Crippen molar-refractivity contribution in [3.63, 3.8) is 0 Å². The first-order valence-electron chi connectivity index (χ1n) is 7.98. The van der Waals surface area contributed by atoms with Gasteiger partial charge in [0, 0.05) is 26.8 Å². The lowest BCUT2D eigenvalue weighted by molar-refractivity contribution is 0.236. The monoisotopic (exact) mass is 328 g/mol. The molecule has 24 heavy (non-hydrogen) atoms. The number of fused-ring (bicyclic) bond motifs is 1. The molecule has 0 fully saturated rings. The number of hydrogen-bond acceptors (Lipinski definition) is 3. The minimum absolute atomic E-state index is 0.0598. The van der Waals surface area contributed by atoms with Gasteiger partial charge in [0.15, 0.2) is 0 Å². The van der Waals surface area contributed by atoms with E-state index < -0.39 is 0 Å². The van der Waals surface area contributed by atoms with Crippen LogP contribution < -0.4 is 15.5 Å². The fraction of sp³-hybridized carbons (Fsp3) is 0.333. The number of carbonyl (C=O) groups excluding carboxylic acids is 1. The van der Waals surface area contributed by atoms with Gasteiger partial charge in [-0.05, 0) is 53.8 Å². The van der Waals surface area contributed by atoms with Crippen molar-refractivity contribution in [3.8, 4) is 0 Å². The number of urea groups is 1. The topological polar surface area (TPSA) is 57.3 Å². The molecule has 2 amide bonds. The second-order valence-corrected chi connectivity index (χ2v) is 6.18. The number of aryl methyl sites for hydroxylation is 1. The zero-order valence-electron chi connectivity index (χ0n) is 13.8. The van der Waals surface area contributed by atoms with Crippen molar-refractivity contribution >= 4 is 11.8 Å². The molecule has 1 aromatic heterocycles. The summed E-state index contributed by atoms with van der Waals surface area (Å²) in [5.41, 5.74) is 2.97. The fourth-order valence-electron chi connectivity index (χ4n) is 2.94. The van der Waals surface area contributed by atoms with E-state index in [0.29, 0.717) is 6.54 Å². The van der Waals surface area contributed by atoms with E-state index in [1.54, 1.807) is 18.3 Å². The lowest BCUT2D eigenvalue weighted by Crippen LogP contribution is -2.37. The highest BCUT2D eigenvalue weighted by Gasteiger charge is 2.24. The highest BCUT2D eigenvalue weighted by molar-refractivity contribution is 5.74. The van der Waals surface area contributed by atoms with E-state index in [1.165, 1.54) is 6.07 Å². The van der Waals surface area contributed by atoms with Gasteiger partial charge in [-0.3, -0.25) is 0 Å². The summed E-state index contributed by atoms with van der Waals surface area (Å²) >= 11 is 0. The number of aromatic nitrogens is 1. The zero-order chi connectivity index (χ0) is 17.1. The SMILES string of the molecule is CN(C)c1cc(CNC(=O)NC2CCc3cc(F)ccc32)ccn1. The Balaban J connectivity index is 1.57. The van der Waals surface area contributed by atoms with Crippen molar-refractivity contribution in [1.82, 2.24) is 15.6 Å². The summed E-state index contributed by atoms with van der Waals surface area (Å²) in [6.07, 6.45) is 3.31. The van der Waals surface area contributed by atoms with Gasteiger partial charge in [-0.15, -0.1) is 0 Å². The maximum absolute atomic E-state index is 13.2. The van der Waals surface area contributed by atoms with Crippen LogP contribution >= 0.6 is 0 Å². The summed E-state index contributed by atoms with van der Waals surface area (Å²) in [5.74, 6) is 0.620. The summed E-state index contributed by atoms with van der Waals surface area (Å²) < 4.78 is 13.2. The van der Waals surface area contributed by atoms with E-state index in [2.05, 4.69) is 15.6 Å². The summed E-state index contributed by atoms with van der Waals surface area (Å²) in [7, 11) is 3.85. The van der Waals surface area contributed by atoms with Gasteiger partial charge in [0.1, 0.15) is 11.6 Å². The molecule has 0 bridgehead atoms. The molecule has 1 unspecified atom stereocenters. The molecule has 6 heteroatoms. The maximum atomic E-state index is 13.2.